The van der Waals surface area contributed by atoms with E-state index < -0.39 is 12.1 Å². The largest absolute Gasteiger partial charge is 0.449 e. The molecular weight excluding hydrogens is 342 g/mol. The summed E-state index contributed by atoms with van der Waals surface area (Å²) in [6, 6.07) is 15.1. The summed E-state index contributed by atoms with van der Waals surface area (Å²) in [5.74, 6) is -0.126. The van der Waals surface area contributed by atoms with E-state index in [4.69, 9.17) is 10.00 Å². The number of ether oxygens (including phenoxy) is 1. The highest BCUT2D eigenvalue weighted by molar-refractivity contribution is 5.87. The van der Waals surface area contributed by atoms with Gasteiger partial charge in [0.1, 0.15) is 6.04 Å². The molecule has 142 valence electrons. The second-order valence-corrected chi connectivity index (χ2v) is 6.77. The Bertz CT molecular complexity index is 827. The molecule has 6 heteroatoms. The number of benzene rings is 2. The fourth-order valence-corrected chi connectivity index (χ4v) is 2.60. The number of rotatable bonds is 8. The minimum absolute atomic E-state index is 0.208. The SMILES string of the molecule is CC(C)COC(=O)NC(Cc1ccc2ccccc2c1)C(=O)NCCC#N. The third-order valence-electron chi connectivity index (χ3n) is 3.95. The summed E-state index contributed by atoms with van der Waals surface area (Å²) in [6.07, 6.45) is -0.0726. The van der Waals surface area contributed by atoms with Gasteiger partial charge >= 0.3 is 6.09 Å². The number of hydrogen-bond donors (Lipinski definition) is 2. The second kappa shape index (κ2) is 10.2. The van der Waals surface area contributed by atoms with Crippen molar-refractivity contribution in [1.82, 2.24) is 10.6 Å². The molecule has 0 fully saturated rings. The van der Waals surface area contributed by atoms with Gasteiger partial charge in [0.2, 0.25) is 5.91 Å². The molecule has 0 heterocycles. The number of nitrogens with zero attached hydrogens (tertiary/aromatic N) is 1. The number of carbonyl (C=O) groups is 2. The van der Waals surface area contributed by atoms with E-state index in [0.29, 0.717) is 6.42 Å². The molecule has 0 aliphatic carbocycles. The Balaban J connectivity index is 2.10. The van der Waals surface area contributed by atoms with Crippen LogP contribution in [0.5, 0.6) is 0 Å². The average Bonchev–Trinajstić information content (AvgIpc) is 2.66. The lowest BCUT2D eigenvalue weighted by Crippen LogP contribution is -2.48. The Labute approximate surface area is 159 Å². The molecule has 0 aliphatic heterocycles. The molecule has 0 bridgehead atoms. The molecule has 1 atom stereocenters. The van der Waals surface area contributed by atoms with Crippen molar-refractivity contribution in [2.24, 2.45) is 5.92 Å². The first-order chi connectivity index (χ1) is 13.0. The topological polar surface area (TPSA) is 91.2 Å². The van der Waals surface area contributed by atoms with Gasteiger partial charge in [-0.25, -0.2) is 4.79 Å². The normalized spacial score (nSPS) is 11.6. The second-order valence-electron chi connectivity index (χ2n) is 6.77. The van der Waals surface area contributed by atoms with Gasteiger partial charge in [-0.15, -0.1) is 0 Å². The molecule has 0 aliphatic rings. The van der Waals surface area contributed by atoms with Crippen molar-refractivity contribution in [3.8, 4) is 6.07 Å². The van der Waals surface area contributed by atoms with Gasteiger partial charge in [-0.1, -0.05) is 56.3 Å². The van der Waals surface area contributed by atoms with Crippen LogP contribution < -0.4 is 10.6 Å². The minimum Gasteiger partial charge on any atom is -0.449 e. The third kappa shape index (κ3) is 6.63. The van der Waals surface area contributed by atoms with Crippen molar-refractivity contribution in [1.29, 1.82) is 5.26 Å². The van der Waals surface area contributed by atoms with Gasteiger partial charge in [-0.2, -0.15) is 5.26 Å². The van der Waals surface area contributed by atoms with Gasteiger partial charge in [0, 0.05) is 13.0 Å². The van der Waals surface area contributed by atoms with Crippen LogP contribution in [0.3, 0.4) is 0 Å². The van der Waals surface area contributed by atoms with Gasteiger partial charge in [0.15, 0.2) is 0 Å². The summed E-state index contributed by atoms with van der Waals surface area (Å²) >= 11 is 0. The van der Waals surface area contributed by atoms with E-state index in [2.05, 4.69) is 10.6 Å². The van der Waals surface area contributed by atoms with Crippen LogP contribution in [0, 0.1) is 17.2 Å². The van der Waals surface area contributed by atoms with Crippen LogP contribution in [0.15, 0.2) is 42.5 Å². The molecule has 2 N–H and O–H groups in total. The zero-order valence-corrected chi connectivity index (χ0v) is 15.7. The van der Waals surface area contributed by atoms with E-state index in [9.17, 15) is 9.59 Å². The number of nitrogens with one attached hydrogen (secondary N) is 2. The summed E-state index contributed by atoms with van der Waals surface area (Å²) in [5, 5.41) is 16.1. The van der Waals surface area contributed by atoms with E-state index in [-0.39, 0.29) is 31.4 Å². The van der Waals surface area contributed by atoms with E-state index in [1.54, 1.807) is 0 Å². The van der Waals surface area contributed by atoms with Crippen LogP contribution in [0.2, 0.25) is 0 Å². The predicted octanol–water partition coefficient (Wildman–Crippen LogP) is 3.16. The van der Waals surface area contributed by atoms with Gasteiger partial charge < -0.3 is 15.4 Å². The summed E-state index contributed by atoms with van der Waals surface area (Å²) in [4.78, 5) is 24.5. The van der Waals surface area contributed by atoms with Crippen LogP contribution in [0.25, 0.3) is 10.8 Å². The molecule has 1 unspecified atom stereocenters. The van der Waals surface area contributed by atoms with Crippen molar-refractivity contribution < 1.29 is 14.3 Å². The van der Waals surface area contributed by atoms with Gasteiger partial charge in [0.25, 0.3) is 0 Å². The first kappa shape index (κ1) is 20.2. The maximum absolute atomic E-state index is 12.5. The Morgan fingerprint density at radius 2 is 1.89 bits per heavy atom. The molecule has 0 aromatic heterocycles. The number of nitriles is 1. The van der Waals surface area contributed by atoms with E-state index in [0.717, 1.165) is 16.3 Å². The molecule has 0 spiro atoms. The lowest BCUT2D eigenvalue weighted by Gasteiger charge is -2.19. The lowest BCUT2D eigenvalue weighted by atomic mass is 10.0. The number of alkyl carbamates (subject to hydrolysis) is 1. The summed E-state index contributed by atoms with van der Waals surface area (Å²) in [6.45, 7) is 4.40. The Morgan fingerprint density at radius 1 is 1.15 bits per heavy atom. The first-order valence-corrected chi connectivity index (χ1v) is 9.05. The highest BCUT2D eigenvalue weighted by atomic mass is 16.5. The van der Waals surface area contributed by atoms with Crippen molar-refractivity contribution in [3.05, 3.63) is 48.0 Å². The first-order valence-electron chi connectivity index (χ1n) is 9.05. The molecule has 2 amide bonds. The molecule has 2 aromatic rings. The monoisotopic (exact) mass is 367 g/mol. The Kier molecular flexibility index (Phi) is 7.63. The van der Waals surface area contributed by atoms with Crippen molar-refractivity contribution in [2.45, 2.75) is 32.7 Å². The summed E-state index contributed by atoms with van der Waals surface area (Å²) in [7, 11) is 0. The van der Waals surface area contributed by atoms with E-state index >= 15 is 0 Å². The standard InChI is InChI=1S/C21H25N3O3/c1-15(2)14-27-21(26)24-19(20(25)23-11-5-10-22)13-16-8-9-17-6-3-4-7-18(17)12-16/h3-4,6-9,12,15,19H,5,11,13-14H2,1-2H3,(H,23,25)(H,24,26). The quantitative estimate of drug-likeness (QED) is 0.701. The van der Waals surface area contributed by atoms with Gasteiger partial charge in [-0.05, 0) is 22.3 Å². The zero-order chi connectivity index (χ0) is 19.6. The smallest absolute Gasteiger partial charge is 0.407 e. The van der Waals surface area contributed by atoms with E-state index in [1.165, 1.54) is 0 Å². The van der Waals surface area contributed by atoms with Crippen molar-refractivity contribution in [2.75, 3.05) is 13.2 Å². The number of hydrogen-bond acceptors (Lipinski definition) is 4. The zero-order valence-electron chi connectivity index (χ0n) is 15.7. The number of fused-ring (bicyclic) bond motifs is 1. The van der Waals surface area contributed by atoms with Crippen LogP contribution >= 0.6 is 0 Å². The summed E-state index contributed by atoms with van der Waals surface area (Å²) < 4.78 is 5.14. The molecule has 27 heavy (non-hydrogen) atoms. The molecule has 2 rings (SSSR count). The van der Waals surface area contributed by atoms with Gasteiger partial charge in [0.05, 0.1) is 19.1 Å². The Hall–Kier alpha value is -3.07. The number of amides is 2. The highest BCUT2D eigenvalue weighted by Gasteiger charge is 2.22. The van der Waals surface area contributed by atoms with Crippen LogP contribution in [0.1, 0.15) is 25.8 Å². The van der Waals surface area contributed by atoms with Crippen LogP contribution in [-0.2, 0) is 16.0 Å². The number of carbonyl (C=O) groups excluding carboxylic acids is 2. The molecular formula is C21H25N3O3. The van der Waals surface area contributed by atoms with Crippen molar-refractivity contribution >= 4 is 22.8 Å². The van der Waals surface area contributed by atoms with Crippen LogP contribution in [0.4, 0.5) is 4.79 Å². The predicted molar refractivity (Wildman–Crippen MR) is 104 cm³/mol. The average molecular weight is 367 g/mol. The fourth-order valence-electron chi connectivity index (χ4n) is 2.60. The maximum Gasteiger partial charge on any atom is 0.407 e. The Morgan fingerprint density at radius 3 is 2.59 bits per heavy atom. The van der Waals surface area contributed by atoms with Crippen LogP contribution in [-0.4, -0.2) is 31.2 Å². The summed E-state index contributed by atoms with van der Waals surface area (Å²) in [5.41, 5.74) is 0.929. The molecule has 0 radical (unpaired) electrons. The van der Waals surface area contributed by atoms with Crippen molar-refractivity contribution in [3.63, 3.8) is 0 Å². The molecule has 0 saturated heterocycles. The molecule has 6 nitrogen and oxygen atoms in total. The highest BCUT2D eigenvalue weighted by Crippen LogP contribution is 2.17. The lowest BCUT2D eigenvalue weighted by molar-refractivity contribution is -0.123. The molecule has 0 saturated carbocycles. The fraction of sp³-hybridized carbons (Fsp3) is 0.381. The maximum atomic E-state index is 12.5. The third-order valence-corrected chi connectivity index (χ3v) is 3.95. The molecule has 2 aromatic carbocycles. The van der Waals surface area contributed by atoms with E-state index in [1.807, 2.05) is 62.4 Å². The van der Waals surface area contributed by atoms with Gasteiger partial charge in [-0.3, -0.25) is 4.79 Å². The minimum atomic E-state index is -0.774.